The van der Waals surface area contributed by atoms with Crippen molar-refractivity contribution in [1.82, 2.24) is 25.4 Å². The van der Waals surface area contributed by atoms with E-state index in [1.165, 1.54) is 5.69 Å². The van der Waals surface area contributed by atoms with Crippen molar-refractivity contribution in [1.29, 1.82) is 0 Å². The first-order valence-electron chi connectivity index (χ1n) is 9.50. The molecule has 1 aromatic carbocycles. The van der Waals surface area contributed by atoms with Gasteiger partial charge in [-0.1, -0.05) is 25.1 Å². The lowest BCUT2D eigenvalue weighted by molar-refractivity contribution is 0.436. The summed E-state index contributed by atoms with van der Waals surface area (Å²) in [6.45, 7) is 8.51. The van der Waals surface area contributed by atoms with Crippen molar-refractivity contribution in [2.24, 2.45) is 10.9 Å². The van der Waals surface area contributed by atoms with E-state index in [0.29, 0.717) is 18.4 Å². The highest BCUT2D eigenvalue weighted by Crippen LogP contribution is 2.17. The number of oxazole rings is 1. The van der Waals surface area contributed by atoms with Gasteiger partial charge in [-0.3, -0.25) is 9.67 Å². The zero-order chi connectivity index (χ0) is 19.9. The first kappa shape index (κ1) is 19.7. The van der Waals surface area contributed by atoms with Crippen LogP contribution in [0.2, 0.25) is 0 Å². The Morgan fingerprint density at radius 2 is 2.00 bits per heavy atom. The molecule has 0 fully saturated rings. The third-order valence-corrected chi connectivity index (χ3v) is 4.44. The summed E-state index contributed by atoms with van der Waals surface area (Å²) in [6, 6.07) is 12.0. The van der Waals surface area contributed by atoms with Crippen molar-refractivity contribution < 1.29 is 4.42 Å². The molecular formula is C21H28N6O. The van der Waals surface area contributed by atoms with E-state index >= 15 is 0 Å². The fourth-order valence-electron chi connectivity index (χ4n) is 2.99. The van der Waals surface area contributed by atoms with Gasteiger partial charge in [0.1, 0.15) is 6.26 Å². The number of guanidine groups is 1. The number of aryl methyl sites for hydroxylation is 2. The van der Waals surface area contributed by atoms with Gasteiger partial charge in [-0.15, -0.1) is 0 Å². The van der Waals surface area contributed by atoms with E-state index in [1.54, 1.807) is 13.3 Å². The average molecular weight is 380 g/mol. The Morgan fingerprint density at radius 1 is 1.21 bits per heavy atom. The maximum Gasteiger partial charge on any atom is 0.226 e. The molecule has 0 bridgehead atoms. The van der Waals surface area contributed by atoms with Crippen molar-refractivity contribution in [2.75, 3.05) is 13.6 Å². The summed E-state index contributed by atoms with van der Waals surface area (Å²) in [5, 5.41) is 11.2. The first-order chi connectivity index (χ1) is 13.5. The molecule has 0 aliphatic carbocycles. The van der Waals surface area contributed by atoms with Gasteiger partial charge in [-0.2, -0.15) is 5.10 Å². The summed E-state index contributed by atoms with van der Waals surface area (Å²) < 4.78 is 7.63. The van der Waals surface area contributed by atoms with E-state index in [1.807, 2.05) is 37.3 Å². The molecule has 2 heterocycles. The average Bonchev–Trinajstić information content (AvgIpc) is 3.29. The summed E-state index contributed by atoms with van der Waals surface area (Å²) >= 11 is 0. The van der Waals surface area contributed by atoms with Crippen LogP contribution in [0.15, 0.2) is 52.1 Å². The topological polar surface area (TPSA) is 80.3 Å². The molecule has 0 aliphatic heterocycles. The van der Waals surface area contributed by atoms with Crippen LogP contribution in [0.25, 0.3) is 11.5 Å². The Balaban J connectivity index is 1.47. The molecule has 0 aliphatic rings. The van der Waals surface area contributed by atoms with Gasteiger partial charge in [-0.25, -0.2) is 4.98 Å². The lowest BCUT2D eigenvalue weighted by atomic mass is 10.2. The maximum absolute atomic E-state index is 5.57. The molecule has 0 spiro atoms. The third-order valence-electron chi connectivity index (χ3n) is 4.44. The minimum Gasteiger partial charge on any atom is -0.444 e. The van der Waals surface area contributed by atoms with E-state index in [9.17, 15) is 0 Å². The second kappa shape index (κ2) is 9.21. The summed E-state index contributed by atoms with van der Waals surface area (Å²) in [4.78, 5) is 8.81. The molecule has 7 heteroatoms. The number of rotatable bonds is 7. The fraction of sp³-hybridized carbons (Fsp3) is 0.381. The molecule has 7 nitrogen and oxygen atoms in total. The van der Waals surface area contributed by atoms with E-state index in [2.05, 4.69) is 50.3 Å². The minimum atomic E-state index is 0.410. The molecule has 0 saturated heterocycles. The number of nitrogens with zero attached hydrogens (tertiary/aromatic N) is 4. The Labute approximate surface area is 165 Å². The van der Waals surface area contributed by atoms with Crippen LogP contribution >= 0.6 is 0 Å². The molecule has 2 N–H and O–H groups in total. The summed E-state index contributed by atoms with van der Waals surface area (Å²) in [5.74, 6) is 1.77. The zero-order valence-corrected chi connectivity index (χ0v) is 16.9. The summed E-state index contributed by atoms with van der Waals surface area (Å²) in [6.07, 6.45) is 1.67. The number of nitrogens with one attached hydrogen (secondary N) is 2. The smallest absolute Gasteiger partial charge is 0.226 e. The van der Waals surface area contributed by atoms with E-state index < -0.39 is 0 Å². The summed E-state index contributed by atoms with van der Waals surface area (Å²) in [5.41, 5.74) is 4.04. The highest BCUT2D eigenvalue weighted by molar-refractivity contribution is 5.79. The highest BCUT2D eigenvalue weighted by atomic mass is 16.3. The lowest BCUT2D eigenvalue weighted by Crippen LogP contribution is -2.39. The predicted molar refractivity (Wildman–Crippen MR) is 111 cm³/mol. The Bertz CT molecular complexity index is 912. The van der Waals surface area contributed by atoms with Crippen molar-refractivity contribution >= 4 is 5.96 Å². The number of aliphatic imine (C=N–C) groups is 1. The van der Waals surface area contributed by atoms with Crippen LogP contribution in [-0.4, -0.2) is 34.3 Å². The van der Waals surface area contributed by atoms with Gasteiger partial charge in [0.25, 0.3) is 0 Å². The predicted octanol–water partition coefficient (Wildman–Crippen LogP) is 3.16. The standard InChI is InChI=1S/C21H28N6O/c1-15(13-27-17(3)10-16(2)26-27)11-23-21(22-4)24-12-19-14-28-20(25-19)18-8-6-5-7-9-18/h5-10,14-15H,11-13H2,1-4H3,(H2,22,23,24). The van der Waals surface area contributed by atoms with Crippen molar-refractivity contribution in [3.05, 3.63) is 59.7 Å². The molecule has 3 aromatic rings. The summed E-state index contributed by atoms with van der Waals surface area (Å²) in [7, 11) is 1.76. The van der Waals surface area contributed by atoms with E-state index in [-0.39, 0.29) is 0 Å². The lowest BCUT2D eigenvalue weighted by Gasteiger charge is -2.16. The third kappa shape index (κ3) is 5.22. The van der Waals surface area contributed by atoms with Crippen molar-refractivity contribution in [3.8, 4) is 11.5 Å². The van der Waals surface area contributed by atoms with Crippen LogP contribution in [-0.2, 0) is 13.1 Å². The second-order valence-corrected chi connectivity index (χ2v) is 7.03. The largest absolute Gasteiger partial charge is 0.444 e. The van der Waals surface area contributed by atoms with Gasteiger partial charge in [0.2, 0.25) is 5.89 Å². The molecule has 148 valence electrons. The molecule has 0 saturated carbocycles. The van der Waals surface area contributed by atoms with Gasteiger partial charge in [0, 0.05) is 31.4 Å². The van der Waals surface area contributed by atoms with Crippen molar-refractivity contribution in [2.45, 2.75) is 33.9 Å². The van der Waals surface area contributed by atoms with Crippen LogP contribution < -0.4 is 10.6 Å². The quantitative estimate of drug-likeness (QED) is 0.486. The van der Waals surface area contributed by atoms with Crippen LogP contribution in [0.3, 0.4) is 0 Å². The molecule has 0 radical (unpaired) electrons. The van der Waals surface area contributed by atoms with E-state index in [0.717, 1.165) is 36.0 Å². The highest BCUT2D eigenvalue weighted by Gasteiger charge is 2.10. The molecule has 1 unspecified atom stereocenters. The molecule has 2 aromatic heterocycles. The first-order valence-corrected chi connectivity index (χ1v) is 9.50. The van der Waals surface area contributed by atoms with Crippen LogP contribution in [0, 0.1) is 19.8 Å². The fourth-order valence-corrected chi connectivity index (χ4v) is 2.99. The number of hydrogen-bond acceptors (Lipinski definition) is 4. The monoisotopic (exact) mass is 380 g/mol. The second-order valence-electron chi connectivity index (χ2n) is 7.03. The Hall–Kier alpha value is -3.09. The molecule has 3 rings (SSSR count). The normalized spacial score (nSPS) is 12.8. The molecule has 1 atom stereocenters. The number of benzene rings is 1. The van der Waals surface area contributed by atoms with Gasteiger partial charge in [0.05, 0.1) is 17.9 Å². The van der Waals surface area contributed by atoms with Crippen LogP contribution in [0.4, 0.5) is 0 Å². The van der Waals surface area contributed by atoms with Crippen molar-refractivity contribution in [3.63, 3.8) is 0 Å². The molecular weight excluding hydrogens is 352 g/mol. The van der Waals surface area contributed by atoms with Gasteiger partial charge < -0.3 is 15.1 Å². The van der Waals surface area contributed by atoms with Crippen LogP contribution in [0.5, 0.6) is 0 Å². The number of aromatic nitrogens is 3. The minimum absolute atomic E-state index is 0.410. The van der Waals surface area contributed by atoms with Crippen LogP contribution in [0.1, 0.15) is 24.0 Å². The zero-order valence-electron chi connectivity index (χ0n) is 16.9. The Morgan fingerprint density at radius 3 is 2.68 bits per heavy atom. The number of hydrogen-bond donors (Lipinski definition) is 2. The Kier molecular flexibility index (Phi) is 6.47. The maximum atomic E-state index is 5.57. The van der Waals surface area contributed by atoms with E-state index in [4.69, 9.17) is 4.42 Å². The van der Waals surface area contributed by atoms with Gasteiger partial charge in [0.15, 0.2) is 5.96 Å². The van der Waals surface area contributed by atoms with Gasteiger partial charge >= 0.3 is 0 Å². The molecule has 28 heavy (non-hydrogen) atoms. The SMILES string of the molecule is CN=C(NCc1coc(-c2ccccc2)n1)NCC(C)Cn1nc(C)cc1C. The van der Waals surface area contributed by atoms with Gasteiger partial charge in [-0.05, 0) is 38.0 Å². The molecule has 0 amide bonds.